The van der Waals surface area contributed by atoms with Gasteiger partial charge in [-0.1, -0.05) is 54.6 Å². The molecule has 0 bridgehead atoms. The highest BCUT2D eigenvalue weighted by Gasteiger charge is 2.38. The highest BCUT2D eigenvalue weighted by Crippen LogP contribution is 2.25. The Morgan fingerprint density at radius 2 is 1.59 bits per heavy atom. The number of hydrogen-bond acceptors (Lipinski definition) is 3. The molecule has 2 aromatic rings. The molecular weight excluding hydrogens is 360 g/mol. The summed E-state index contributed by atoms with van der Waals surface area (Å²) in [5.74, 6) is -0.742. The van der Waals surface area contributed by atoms with E-state index in [1.807, 2.05) is 37.3 Å². The Morgan fingerprint density at radius 1 is 1.04 bits per heavy atom. The Balaban J connectivity index is 2.27. The maximum atomic E-state index is 12.9. The highest BCUT2D eigenvalue weighted by molar-refractivity contribution is 8.08. The summed E-state index contributed by atoms with van der Waals surface area (Å²) in [5.41, 5.74) is 12.8. The molecule has 2 aromatic carbocycles. The van der Waals surface area contributed by atoms with Gasteiger partial charge in [0.15, 0.2) is 0 Å². The summed E-state index contributed by atoms with van der Waals surface area (Å²) in [4.78, 5) is 15.4. The number of ketones is 1. The van der Waals surface area contributed by atoms with Crippen LogP contribution in [0.2, 0.25) is 0 Å². The van der Waals surface area contributed by atoms with Gasteiger partial charge >= 0.3 is 5.04 Å². The third-order valence-corrected chi connectivity index (χ3v) is 6.29. The largest absolute Gasteiger partial charge is 0.451 e. The van der Waals surface area contributed by atoms with Gasteiger partial charge in [0.05, 0.1) is 4.90 Å². The number of aryl methyl sites for hydroxylation is 3. The Kier molecular flexibility index (Phi) is 6.26. The van der Waals surface area contributed by atoms with Crippen LogP contribution < -0.4 is 0 Å². The summed E-state index contributed by atoms with van der Waals surface area (Å²) in [5, 5.41) is -0.835. The average molecular weight is 382 g/mol. The molecule has 0 radical (unpaired) electrons. The monoisotopic (exact) mass is 382 g/mol. The summed E-state index contributed by atoms with van der Waals surface area (Å²) < 4.78 is 25.9. The van der Waals surface area contributed by atoms with Gasteiger partial charge in [0.2, 0.25) is 0 Å². The summed E-state index contributed by atoms with van der Waals surface area (Å²) in [6, 6.07) is 12.8. The lowest BCUT2D eigenvalue weighted by molar-refractivity contribution is -0.116. The van der Waals surface area contributed by atoms with E-state index in [-0.39, 0.29) is 17.7 Å². The molecule has 0 unspecified atom stereocenters. The zero-order valence-corrected chi connectivity index (χ0v) is 16.5. The van der Waals surface area contributed by atoms with E-state index in [0.717, 1.165) is 11.1 Å². The van der Waals surface area contributed by atoms with E-state index >= 15 is 0 Å². The van der Waals surface area contributed by atoms with Crippen LogP contribution in [0.3, 0.4) is 0 Å². The lowest BCUT2D eigenvalue weighted by atomic mass is 10.0. The number of hydrogen-bond donors (Lipinski definition) is 0. The van der Waals surface area contributed by atoms with E-state index < -0.39 is 20.7 Å². The van der Waals surface area contributed by atoms with Crippen LogP contribution in [0.25, 0.3) is 11.1 Å². The molecule has 0 saturated carbocycles. The Bertz CT molecular complexity index is 1030. The number of nitrogens with zero attached hydrogens (tertiary/aromatic N) is 2. The van der Waals surface area contributed by atoms with Gasteiger partial charge < -0.3 is 5.53 Å². The molecule has 6 heteroatoms. The summed E-state index contributed by atoms with van der Waals surface area (Å²) in [7, 11) is -4.22. The first-order chi connectivity index (χ1) is 12.7. The van der Waals surface area contributed by atoms with Crippen molar-refractivity contribution in [2.24, 2.45) is 0 Å². The fourth-order valence-corrected chi connectivity index (χ4v) is 4.80. The lowest BCUT2D eigenvalue weighted by Crippen LogP contribution is -2.27. The number of benzene rings is 2. The molecule has 0 fully saturated rings. The lowest BCUT2D eigenvalue weighted by Gasteiger charge is -2.09. The van der Waals surface area contributed by atoms with Crippen LogP contribution in [0.4, 0.5) is 0 Å². The Morgan fingerprint density at radius 3 is 2.11 bits per heavy atom. The smallest absolute Gasteiger partial charge is 0.360 e. The molecule has 0 N–H and O–H groups in total. The van der Waals surface area contributed by atoms with Crippen LogP contribution in [0.5, 0.6) is 0 Å². The average Bonchev–Trinajstić information content (AvgIpc) is 2.59. The van der Waals surface area contributed by atoms with Gasteiger partial charge in [0.25, 0.3) is 15.6 Å². The molecule has 0 aliphatic carbocycles. The van der Waals surface area contributed by atoms with E-state index in [2.05, 4.69) is 11.4 Å². The first kappa shape index (κ1) is 20.5. The van der Waals surface area contributed by atoms with Crippen molar-refractivity contribution in [1.82, 2.24) is 0 Å². The van der Waals surface area contributed by atoms with E-state index in [1.54, 1.807) is 26.0 Å². The normalized spacial score (nSPS) is 10.9. The summed E-state index contributed by atoms with van der Waals surface area (Å²) >= 11 is 0. The highest BCUT2D eigenvalue weighted by atomic mass is 32.2. The molecule has 0 saturated heterocycles. The minimum Gasteiger partial charge on any atom is -0.360 e. The summed E-state index contributed by atoms with van der Waals surface area (Å²) in [6.45, 7) is 9.11. The fourth-order valence-electron chi connectivity index (χ4n) is 3.14. The van der Waals surface area contributed by atoms with Crippen LogP contribution in [-0.4, -0.2) is 24.0 Å². The second-order valence-corrected chi connectivity index (χ2v) is 8.33. The standard InChI is InChI=1S/C21H22N2O3S/c1-14-12-16(3)20(17(4)13-14)27(25,26)21(23-22)19(24)11-10-15(2)18-8-6-5-7-9-18/h5-9,12-13H,2,10-11H2,1,3-4H3. The van der Waals surface area contributed by atoms with Crippen molar-refractivity contribution in [2.45, 2.75) is 38.5 Å². The third kappa shape index (κ3) is 4.48. The van der Waals surface area contributed by atoms with Crippen LogP contribution in [0.1, 0.15) is 35.1 Å². The zero-order chi connectivity index (χ0) is 20.2. The number of Topliss-reactive ketones (excluding diaryl/α,β-unsaturated/α-hetero) is 1. The minimum absolute atomic E-state index is 0.0103. The number of carbonyl (C=O) groups is 1. The first-order valence-electron chi connectivity index (χ1n) is 8.50. The van der Waals surface area contributed by atoms with E-state index in [4.69, 9.17) is 0 Å². The predicted molar refractivity (Wildman–Crippen MR) is 106 cm³/mol. The van der Waals surface area contributed by atoms with Crippen LogP contribution in [0.15, 0.2) is 53.9 Å². The van der Waals surface area contributed by atoms with Gasteiger partial charge in [-0.3, -0.25) is 4.79 Å². The van der Waals surface area contributed by atoms with Gasteiger partial charge in [0, 0.05) is 6.42 Å². The number of sulfone groups is 1. The zero-order valence-electron chi connectivity index (χ0n) is 15.7. The molecule has 0 aromatic heterocycles. The van der Waals surface area contributed by atoms with Crippen LogP contribution in [-0.2, 0) is 14.6 Å². The molecule has 0 spiro atoms. The Hall–Kier alpha value is -2.82. The molecule has 140 valence electrons. The van der Waals surface area contributed by atoms with Crippen molar-refractivity contribution in [3.05, 3.63) is 76.8 Å². The second-order valence-electron chi connectivity index (χ2n) is 6.53. The fraction of sp³-hybridized carbons (Fsp3) is 0.238. The molecule has 0 atom stereocenters. The van der Waals surface area contributed by atoms with Crippen molar-refractivity contribution in [2.75, 3.05) is 0 Å². The van der Waals surface area contributed by atoms with Gasteiger partial charge in [-0.15, -0.1) is 4.79 Å². The molecule has 0 heterocycles. The van der Waals surface area contributed by atoms with Crippen molar-refractivity contribution in [3.63, 3.8) is 0 Å². The van der Waals surface area contributed by atoms with Crippen molar-refractivity contribution >= 4 is 26.2 Å². The SMILES string of the molecule is C=C(CCC(=O)C(=[N+]=[N-])S(=O)(=O)c1c(C)cc(C)cc1C)c1ccccc1. The van der Waals surface area contributed by atoms with Gasteiger partial charge in [-0.05, 0) is 49.5 Å². The topological polar surface area (TPSA) is 87.6 Å². The molecule has 27 heavy (non-hydrogen) atoms. The molecule has 2 rings (SSSR count). The van der Waals surface area contributed by atoms with Crippen molar-refractivity contribution in [3.8, 4) is 0 Å². The molecular formula is C21H22N2O3S. The predicted octanol–water partition coefficient (Wildman–Crippen LogP) is 4.08. The number of allylic oxidation sites excluding steroid dienone is 1. The number of carbonyl (C=O) groups excluding carboxylic acids is 1. The van der Waals surface area contributed by atoms with E-state index in [1.165, 1.54) is 0 Å². The first-order valence-corrected chi connectivity index (χ1v) is 9.98. The third-order valence-electron chi connectivity index (χ3n) is 4.29. The maximum absolute atomic E-state index is 12.9. The van der Waals surface area contributed by atoms with Crippen molar-refractivity contribution < 1.29 is 18.0 Å². The minimum atomic E-state index is -4.22. The second kappa shape index (κ2) is 8.25. The molecule has 0 amide bonds. The summed E-state index contributed by atoms with van der Waals surface area (Å²) in [6.07, 6.45) is 0.152. The quantitative estimate of drug-likeness (QED) is 0.326. The van der Waals surface area contributed by atoms with E-state index in [9.17, 15) is 18.7 Å². The van der Waals surface area contributed by atoms with Gasteiger partial charge in [-0.25, -0.2) is 8.42 Å². The Labute approximate surface area is 159 Å². The van der Waals surface area contributed by atoms with Gasteiger partial charge in [0.1, 0.15) is 0 Å². The molecule has 0 aliphatic heterocycles. The van der Waals surface area contributed by atoms with Crippen molar-refractivity contribution in [1.29, 1.82) is 0 Å². The molecule has 0 aliphatic rings. The maximum Gasteiger partial charge on any atom is 0.451 e. The van der Waals surface area contributed by atoms with Crippen LogP contribution in [0, 0.1) is 20.8 Å². The van der Waals surface area contributed by atoms with E-state index in [0.29, 0.717) is 16.7 Å². The molecule has 5 nitrogen and oxygen atoms in total. The van der Waals surface area contributed by atoms with Gasteiger partial charge in [-0.2, -0.15) is 0 Å². The number of rotatable bonds is 6. The van der Waals surface area contributed by atoms with Crippen LogP contribution >= 0.6 is 0 Å².